The van der Waals surface area contributed by atoms with Crippen molar-refractivity contribution in [1.29, 1.82) is 0 Å². The number of anilines is 1. The molecule has 33 heavy (non-hydrogen) atoms. The molecule has 1 atom stereocenters. The van der Waals surface area contributed by atoms with E-state index in [0.29, 0.717) is 28.3 Å². The molecule has 2 aliphatic rings. The summed E-state index contributed by atoms with van der Waals surface area (Å²) in [6.45, 7) is -1.10. The highest BCUT2D eigenvalue weighted by Gasteiger charge is 2.35. The summed E-state index contributed by atoms with van der Waals surface area (Å²) in [4.78, 5) is 38.7. The Morgan fingerprint density at radius 2 is 1.76 bits per heavy atom. The summed E-state index contributed by atoms with van der Waals surface area (Å²) in [6, 6.07) is 12.4. The molecule has 0 bridgehead atoms. The molecule has 0 radical (unpaired) electrons. The van der Waals surface area contributed by atoms with Gasteiger partial charge in [-0.05, 0) is 29.7 Å². The van der Waals surface area contributed by atoms with E-state index >= 15 is 0 Å². The molecule has 4 rings (SSSR count). The van der Waals surface area contributed by atoms with Crippen LogP contribution in [0.4, 0.5) is 18.9 Å². The Hall–Kier alpha value is -2.91. The van der Waals surface area contributed by atoms with Crippen molar-refractivity contribution in [3.05, 3.63) is 53.1 Å². The number of carbonyl (C=O) groups is 3. The lowest BCUT2D eigenvalue weighted by atomic mass is 9.88. The number of amides is 3. The Kier molecular flexibility index (Phi) is 6.45. The second kappa shape index (κ2) is 9.15. The number of piperidine rings is 1. The molecule has 1 N–H and O–H groups in total. The third kappa shape index (κ3) is 5.20. The average molecular weight is 480 g/mol. The third-order valence-corrected chi connectivity index (χ3v) is 6.26. The second-order valence-electron chi connectivity index (χ2n) is 8.13. The van der Waals surface area contributed by atoms with Crippen LogP contribution in [0.25, 0.3) is 11.1 Å². The van der Waals surface area contributed by atoms with Crippen molar-refractivity contribution in [2.75, 3.05) is 31.1 Å². The molecule has 2 saturated heterocycles. The van der Waals surface area contributed by atoms with Gasteiger partial charge < -0.3 is 4.90 Å². The highest BCUT2D eigenvalue weighted by atomic mass is 35.5. The molecule has 2 aromatic carbocycles. The molecular formula is C23H21ClF3N3O3. The van der Waals surface area contributed by atoms with E-state index in [0.717, 1.165) is 10.5 Å². The summed E-state index contributed by atoms with van der Waals surface area (Å²) < 4.78 is 37.8. The molecule has 2 heterocycles. The van der Waals surface area contributed by atoms with E-state index in [1.807, 2.05) is 6.07 Å². The van der Waals surface area contributed by atoms with E-state index in [2.05, 4.69) is 5.32 Å². The molecule has 0 spiro atoms. The van der Waals surface area contributed by atoms with Gasteiger partial charge in [0, 0.05) is 30.8 Å². The van der Waals surface area contributed by atoms with Crippen LogP contribution in [0.1, 0.15) is 24.3 Å². The van der Waals surface area contributed by atoms with Crippen LogP contribution in [0, 0.1) is 0 Å². The summed E-state index contributed by atoms with van der Waals surface area (Å²) in [5.74, 6) is -1.58. The fourth-order valence-corrected chi connectivity index (χ4v) is 4.60. The number of nitrogens with zero attached hydrogens (tertiary/aromatic N) is 2. The molecule has 2 aliphatic heterocycles. The lowest BCUT2D eigenvalue weighted by Crippen LogP contribution is -2.52. The molecule has 2 fully saturated rings. The largest absolute Gasteiger partial charge is 0.401 e. The lowest BCUT2D eigenvalue weighted by Gasteiger charge is -2.34. The Morgan fingerprint density at radius 1 is 1.03 bits per heavy atom. The van der Waals surface area contributed by atoms with Gasteiger partial charge in [0.05, 0.1) is 24.0 Å². The maximum Gasteiger partial charge on any atom is 0.401 e. The van der Waals surface area contributed by atoms with Gasteiger partial charge in [0.25, 0.3) is 0 Å². The zero-order valence-corrected chi connectivity index (χ0v) is 18.2. The van der Waals surface area contributed by atoms with Crippen molar-refractivity contribution in [3.63, 3.8) is 0 Å². The lowest BCUT2D eigenvalue weighted by molar-refractivity contribution is -0.150. The topological polar surface area (TPSA) is 69.7 Å². The molecule has 10 heteroatoms. The van der Waals surface area contributed by atoms with Crippen molar-refractivity contribution >= 4 is 35.0 Å². The van der Waals surface area contributed by atoms with Gasteiger partial charge >= 0.3 is 6.18 Å². The summed E-state index contributed by atoms with van der Waals surface area (Å²) in [5, 5.41) is 2.75. The van der Waals surface area contributed by atoms with Crippen molar-refractivity contribution in [2.45, 2.75) is 24.9 Å². The number of nitrogens with one attached hydrogen (secondary N) is 1. The van der Waals surface area contributed by atoms with Crippen molar-refractivity contribution in [1.82, 2.24) is 10.2 Å². The number of alkyl halides is 3. The summed E-state index contributed by atoms with van der Waals surface area (Å²) in [7, 11) is 0. The van der Waals surface area contributed by atoms with Gasteiger partial charge in [-0.2, -0.15) is 13.2 Å². The Morgan fingerprint density at radius 3 is 2.39 bits per heavy atom. The first-order valence-electron chi connectivity index (χ1n) is 10.4. The maximum atomic E-state index is 12.6. The zero-order chi connectivity index (χ0) is 23.8. The molecule has 1 unspecified atom stereocenters. The number of piperazine rings is 1. The molecular weight excluding hydrogens is 459 g/mol. The monoisotopic (exact) mass is 479 g/mol. The van der Waals surface area contributed by atoms with Crippen molar-refractivity contribution in [2.24, 2.45) is 0 Å². The van der Waals surface area contributed by atoms with Gasteiger partial charge in [0.15, 0.2) is 0 Å². The fourth-order valence-electron chi connectivity index (χ4n) is 4.24. The zero-order valence-electron chi connectivity index (χ0n) is 17.5. The smallest absolute Gasteiger partial charge is 0.310 e. The number of hydrogen-bond acceptors (Lipinski definition) is 4. The SMILES string of the molecule is O=C1CCC(c2cccc(-c3ccc(N4CCN(CC(F)(F)F)CC4=O)cc3)c2Cl)C(=O)N1. The van der Waals surface area contributed by atoms with E-state index in [1.54, 1.807) is 36.4 Å². The summed E-state index contributed by atoms with van der Waals surface area (Å²) >= 11 is 6.63. The van der Waals surface area contributed by atoms with Gasteiger partial charge in [0.1, 0.15) is 0 Å². The van der Waals surface area contributed by atoms with E-state index in [-0.39, 0.29) is 37.9 Å². The fraction of sp³-hybridized carbons (Fsp3) is 0.348. The normalized spacial score (nSPS) is 20.2. The highest BCUT2D eigenvalue weighted by molar-refractivity contribution is 6.34. The molecule has 0 saturated carbocycles. The predicted molar refractivity (Wildman–Crippen MR) is 117 cm³/mol. The highest BCUT2D eigenvalue weighted by Crippen LogP contribution is 2.37. The van der Waals surface area contributed by atoms with Crippen LogP contribution in [0.5, 0.6) is 0 Å². The van der Waals surface area contributed by atoms with E-state index in [9.17, 15) is 27.6 Å². The third-order valence-electron chi connectivity index (χ3n) is 5.84. The van der Waals surface area contributed by atoms with Crippen LogP contribution >= 0.6 is 11.6 Å². The first kappa shape index (κ1) is 23.3. The van der Waals surface area contributed by atoms with Crippen LogP contribution in [0.2, 0.25) is 5.02 Å². The minimum atomic E-state index is -4.34. The first-order chi connectivity index (χ1) is 15.6. The van der Waals surface area contributed by atoms with Gasteiger partial charge in [-0.3, -0.25) is 24.6 Å². The number of imide groups is 1. The molecule has 0 aromatic heterocycles. The Bertz CT molecular complexity index is 1090. The average Bonchev–Trinajstić information content (AvgIpc) is 2.74. The minimum Gasteiger partial charge on any atom is -0.310 e. The minimum absolute atomic E-state index is 0.132. The van der Waals surface area contributed by atoms with Crippen LogP contribution in [0.15, 0.2) is 42.5 Å². The molecule has 0 aliphatic carbocycles. The number of halogens is 4. The van der Waals surface area contributed by atoms with Crippen molar-refractivity contribution < 1.29 is 27.6 Å². The molecule has 174 valence electrons. The van der Waals surface area contributed by atoms with Gasteiger partial charge in [0.2, 0.25) is 17.7 Å². The first-order valence-corrected chi connectivity index (χ1v) is 10.8. The van der Waals surface area contributed by atoms with E-state index < -0.39 is 24.5 Å². The predicted octanol–water partition coefficient (Wildman–Crippen LogP) is 3.74. The standard InChI is InChI=1S/C23H21ClF3N3O3/c24-21-16(2-1-3-17(21)18-8-9-19(31)28-22(18)33)14-4-6-15(7-5-14)30-11-10-29(12-20(30)32)13-23(25,26)27/h1-7,18H,8-13H2,(H,28,31,33). The summed E-state index contributed by atoms with van der Waals surface area (Å²) in [6.07, 6.45) is -3.71. The van der Waals surface area contributed by atoms with Gasteiger partial charge in [-0.25, -0.2) is 0 Å². The van der Waals surface area contributed by atoms with Crippen LogP contribution < -0.4 is 10.2 Å². The van der Waals surface area contributed by atoms with Crippen LogP contribution in [-0.4, -0.2) is 55.0 Å². The van der Waals surface area contributed by atoms with Crippen LogP contribution in [-0.2, 0) is 14.4 Å². The molecule has 2 aromatic rings. The molecule has 3 amide bonds. The number of hydrogen-bond donors (Lipinski definition) is 1. The van der Waals surface area contributed by atoms with E-state index in [4.69, 9.17) is 11.6 Å². The Labute approximate surface area is 193 Å². The number of carbonyl (C=O) groups excluding carboxylic acids is 3. The Balaban J connectivity index is 1.51. The quantitative estimate of drug-likeness (QED) is 0.678. The maximum absolute atomic E-state index is 12.6. The second-order valence-corrected chi connectivity index (χ2v) is 8.51. The van der Waals surface area contributed by atoms with E-state index in [1.165, 1.54) is 4.90 Å². The molecule has 6 nitrogen and oxygen atoms in total. The number of rotatable bonds is 4. The van der Waals surface area contributed by atoms with Crippen molar-refractivity contribution in [3.8, 4) is 11.1 Å². The summed E-state index contributed by atoms with van der Waals surface area (Å²) in [5.41, 5.74) is 2.69. The number of benzene rings is 2. The van der Waals surface area contributed by atoms with Gasteiger partial charge in [-0.1, -0.05) is 41.9 Å². The van der Waals surface area contributed by atoms with Gasteiger partial charge in [-0.15, -0.1) is 0 Å². The van der Waals surface area contributed by atoms with Crippen LogP contribution in [0.3, 0.4) is 0 Å².